The normalized spacial score (nSPS) is 25.8. The van der Waals surface area contributed by atoms with E-state index >= 15 is 0 Å². The first-order valence-corrected chi connectivity index (χ1v) is 9.07. The van der Waals surface area contributed by atoms with Crippen molar-refractivity contribution in [1.82, 2.24) is 16.0 Å². The third kappa shape index (κ3) is 4.57. The minimum Gasteiger partial charge on any atom is -0.354 e. The highest BCUT2D eigenvalue weighted by molar-refractivity contribution is 5.87. The Kier molecular flexibility index (Phi) is 5.86. The van der Waals surface area contributed by atoms with Crippen LogP contribution in [0.4, 0.5) is 0 Å². The number of benzene rings is 1. The zero-order valence-electron chi connectivity index (χ0n) is 14.1. The van der Waals surface area contributed by atoms with Crippen molar-refractivity contribution in [2.75, 3.05) is 13.1 Å². The van der Waals surface area contributed by atoms with Crippen LogP contribution in [0, 0.1) is 5.92 Å². The van der Waals surface area contributed by atoms with Gasteiger partial charge in [0, 0.05) is 12.6 Å². The van der Waals surface area contributed by atoms with Crippen molar-refractivity contribution in [3.05, 3.63) is 35.9 Å². The first-order chi connectivity index (χ1) is 11.7. The number of hydrogen-bond acceptors (Lipinski definition) is 3. The maximum atomic E-state index is 12.2. The molecular weight excluding hydrogens is 302 g/mol. The average Bonchev–Trinajstić information content (AvgIpc) is 3.05. The van der Waals surface area contributed by atoms with Gasteiger partial charge in [0.05, 0.1) is 12.6 Å². The molecule has 1 aliphatic heterocycles. The number of rotatable bonds is 6. The molecule has 5 heteroatoms. The summed E-state index contributed by atoms with van der Waals surface area (Å²) in [6, 6.07) is 10.4. The van der Waals surface area contributed by atoms with Gasteiger partial charge in [-0.2, -0.15) is 0 Å². The summed E-state index contributed by atoms with van der Waals surface area (Å²) < 4.78 is 0. The topological polar surface area (TPSA) is 70.2 Å². The Morgan fingerprint density at radius 1 is 1.08 bits per heavy atom. The first-order valence-electron chi connectivity index (χ1n) is 9.07. The highest BCUT2D eigenvalue weighted by atomic mass is 16.2. The standard InChI is InChI=1S/C19H27N3O2/c23-18(20-11-10-14-6-2-1-3-7-14)13-21-19(24)17-12-15-8-4-5-9-16(15)22-17/h1-3,6-7,15-17,22H,4-5,8-13H2,(H,20,23)(H,21,24). The average molecular weight is 329 g/mol. The molecule has 1 aliphatic carbocycles. The molecule has 3 rings (SSSR count). The maximum Gasteiger partial charge on any atom is 0.239 e. The van der Waals surface area contributed by atoms with Gasteiger partial charge in [0.15, 0.2) is 0 Å². The van der Waals surface area contributed by atoms with Crippen LogP contribution in [0.15, 0.2) is 30.3 Å². The Morgan fingerprint density at radius 2 is 1.88 bits per heavy atom. The van der Waals surface area contributed by atoms with Crippen molar-refractivity contribution in [1.29, 1.82) is 0 Å². The summed E-state index contributed by atoms with van der Waals surface area (Å²) >= 11 is 0. The lowest BCUT2D eigenvalue weighted by atomic mass is 9.85. The lowest BCUT2D eigenvalue weighted by molar-refractivity contribution is -0.127. The molecule has 2 fully saturated rings. The van der Waals surface area contributed by atoms with E-state index in [2.05, 4.69) is 16.0 Å². The van der Waals surface area contributed by atoms with Crippen LogP contribution in [-0.2, 0) is 16.0 Å². The van der Waals surface area contributed by atoms with E-state index in [1.165, 1.54) is 31.2 Å². The molecule has 1 saturated heterocycles. The summed E-state index contributed by atoms with van der Waals surface area (Å²) in [5, 5.41) is 9.06. The van der Waals surface area contributed by atoms with Crippen LogP contribution >= 0.6 is 0 Å². The largest absolute Gasteiger partial charge is 0.354 e. The monoisotopic (exact) mass is 329 g/mol. The number of carbonyl (C=O) groups is 2. The molecule has 1 aromatic rings. The third-order valence-electron chi connectivity index (χ3n) is 5.18. The fourth-order valence-electron chi connectivity index (χ4n) is 3.87. The number of fused-ring (bicyclic) bond motifs is 1. The Bertz CT molecular complexity index is 547. The number of carbonyl (C=O) groups excluding carboxylic acids is 2. The molecule has 1 saturated carbocycles. The second-order valence-corrected chi connectivity index (χ2v) is 6.91. The fourth-order valence-corrected chi connectivity index (χ4v) is 3.87. The molecule has 1 heterocycles. The Labute approximate surface area is 143 Å². The molecular formula is C19H27N3O2. The van der Waals surface area contributed by atoms with E-state index in [0.717, 1.165) is 12.8 Å². The first kappa shape index (κ1) is 17.0. The molecule has 3 atom stereocenters. The zero-order valence-corrected chi connectivity index (χ0v) is 14.1. The number of nitrogens with one attached hydrogen (secondary N) is 3. The molecule has 0 aromatic heterocycles. The summed E-state index contributed by atoms with van der Waals surface area (Å²) in [5.74, 6) is 0.464. The van der Waals surface area contributed by atoms with Crippen LogP contribution in [0.5, 0.6) is 0 Å². The van der Waals surface area contributed by atoms with Crippen molar-refractivity contribution < 1.29 is 9.59 Å². The van der Waals surface area contributed by atoms with Crippen LogP contribution < -0.4 is 16.0 Å². The van der Waals surface area contributed by atoms with Crippen molar-refractivity contribution in [3.8, 4) is 0 Å². The fraction of sp³-hybridized carbons (Fsp3) is 0.579. The zero-order chi connectivity index (χ0) is 16.8. The molecule has 3 N–H and O–H groups in total. The Balaban J connectivity index is 1.33. The molecule has 0 spiro atoms. The Hall–Kier alpha value is -1.88. The molecule has 5 nitrogen and oxygen atoms in total. The van der Waals surface area contributed by atoms with E-state index in [9.17, 15) is 9.59 Å². The Morgan fingerprint density at radius 3 is 2.67 bits per heavy atom. The molecule has 0 bridgehead atoms. The second kappa shape index (κ2) is 8.29. The molecule has 2 aliphatic rings. The van der Waals surface area contributed by atoms with E-state index in [1.54, 1.807) is 0 Å². The van der Waals surface area contributed by atoms with Gasteiger partial charge in [0.2, 0.25) is 11.8 Å². The van der Waals surface area contributed by atoms with Crippen LogP contribution in [0.25, 0.3) is 0 Å². The SMILES string of the molecule is O=C(CNC(=O)C1CC2CCCCC2N1)NCCc1ccccc1. The van der Waals surface area contributed by atoms with E-state index in [1.807, 2.05) is 30.3 Å². The van der Waals surface area contributed by atoms with E-state index in [-0.39, 0.29) is 24.4 Å². The van der Waals surface area contributed by atoms with Gasteiger partial charge in [-0.3, -0.25) is 9.59 Å². The quantitative estimate of drug-likeness (QED) is 0.738. The van der Waals surface area contributed by atoms with E-state index in [4.69, 9.17) is 0 Å². The van der Waals surface area contributed by atoms with Gasteiger partial charge < -0.3 is 16.0 Å². The summed E-state index contributed by atoms with van der Waals surface area (Å²) in [6.07, 6.45) is 6.64. The predicted molar refractivity (Wildman–Crippen MR) is 93.5 cm³/mol. The highest BCUT2D eigenvalue weighted by Gasteiger charge is 2.38. The molecule has 2 amide bonds. The van der Waals surface area contributed by atoms with Crippen molar-refractivity contribution in [2.24, 2.45) is 5.92 Å². The van der Waals surface area contributed by atoms with Gasteiger partial charge in [-0.15, -0.1) is 0 Å². The van der Waals surface area contributed by atoms with Gasteiger partial charge in [0.25, 0.3) is 0 Å². The molecule has 1 aromatic carbocycles. The highest BCUT2D eigenvalue weighted by Crippen LogP contribution is 2.33. The van der Waals surface area contributed by atoms with Crippen molar-refractivity contribution >= 4 is 11.8 Å². The van der Waals surface area contributed by atoms with Gasteiger partial charge >= 0.3 is 0 Å². The van der Waals surface area contributed by atoms with Crippen molar-refractivity contribution in [3.63, 3.8) is 0 Å². The summed E-state index contributed by atoms with van der Waals surface area (Å²) in [4.78, 5) is 24.1. The summed E-state index contributed by atoms with van der Waals surface area (Å²) in [6.45, 7) is 0.645. The van der Waals surface area contributed by atoms with Crippen LogP contribution in [0.1, 0.15) is 37.7 Å². The predicted octanol–water partition coefficient (Wildman–Crippen LogP) is 1.38. The van der Waals surface area contributed by atoms with Gasteiger partial charge in [-0.05, 0) is 37.2 Å². The van der Waals surface area contributed by atoms with Crippen LogP contribution in [0.2, 0.25) is 0 Å². The maximum absolute atomic E-state index is 12.2. The number of hydrogen-bond donors (Lipinski definition) is 3. The van der Waals surface area contributed by atoms with Gasteiger partial charge in [-0.25, -0.2) is 0 Å². The van der Waals surface area contributed by atoms with Crippen LogP contribution in [-0.4, -0.2) is 37.0 Å². The second-order valence-electron chi connectivity index (χ2n) is 6.91. The third-order valence-corrected chi connectivity index (χ3v) is 5.18. The van der Waals surface area contributed by atoms with Gasteiger partial charge in [0.1, 0.15) is 0 Å². The molecule has 0 radical (unpaired) electrons. The summed E-state index contributed by atoms with van der Waals surface area (Å²) in [5.41, 5.74) is 1.19. The van der Waals surface area contributed by atoms with Crippen LogP contribution in [0.3, 0.4) is 0 Å². The van der Waals surface area contributed by atoms with Gasteiger partial charge in [-0.1, -0.05) is 43.2 Å². The lowest BCUT2D eigenvalue weighted by Crippen LogP contribution is -2.46. The van der Waals surface area contributed by atoms with E-state index in [0.29, 0.717) is 18.5 Å². The molecule has 24 heavy (non-hydrogen) atoms. The lowest BCUT2D eigenvalue weighted by Gasteiger charge is -2.24. The van der Waals surface area contributed by atoms with E-state index < -0.39 is 0 Å². The minimum absolute atomic E-state index is 0.0393. The minimum atomic E-state index is -0.130. The molecule has 130 valence electrons. The number of amides is 2. The smallest absolute Gasteiger partial charge is 0.239 e. The molecule has 3 unspecified atom stereocenters. The van der Waals surface area contributed by atoms with Crippen molar-refractivity contribution in [2.45, 2.75) is 50.6 Å². The summed E-state index contributed by atoms with van der Waals surface area (Å²) in [7, 11) is 0.